The van der Waals surface area contributed by atoms with Gasteiger partial charge in [0.05, 0.1) is 0 Å². The van der Waals surface area contributed by atoms with Crippen molar-refractivity contribution < 1.29 is 4.74 Å². The van der Waals surface area contributed by atoms with Crippen LogP contribution in [-0.4, -0.2) is 11.0 Å². The molecule has 0 saturated heterocycles. The van der Waals surface area contributed by atoms with Gasteiger partial charge in [-0.15, -0.1) is 0 Å². The Hall–Kier alpha value is -1.29. The van der Waals surface area contributed by atoms with Gasteiger partial charge in [-0.25, -0.2) is 4.98 Å². The Labute approximate surface area is 135 Å². The van der Waals surface area contributed by atoms with Crippen molar-refractivity contribution in [3.8, 4) is 11.6 Å². The van der Waals surface area contributed by atoms with E-state index in [1.807, 2.05) is 25.1 Å². The van der Waals surface area contributed by atoms with Crippen LogP contribution in [0.5, 0.6) is 11.6 Å². The fourth-order valence-corrected chi connectivity index (χ4v) is 2.14. The maximum absolute atomic E-state index is 6.24. The van der Waals surface area contributed by atoms with Gasteiger partial charge < -0.3 is 10.1 Å². The predicted octanol–water partition coefficient (Wildman–Crippen LogP) is 4.99. The summed E-state index contributed by atoms with van der Waals surface area (Å²) in [5, 5.41) is 4.42. The van der Waals surface area contributed by atoms with Gasteiger partial charge in [0.15, 0.2) is 0 Å². The smallest absolute Gasteiger partial charge is 0.238 e. The second-order valence-corrected chi connectivity index (χ2v) is 6.02. The number of aromatic nitrogens is 1. The van der Waals surface area contributed by atoms with Gasteiger partial charge in [0, 0.05) is 23.8 Å². The third kappa shape index (κ3) is 4.60. The molecule has 5 heteroatoms. The maximum Gasteiger partial charge on any atom is 0.238 e. The Morgan fingerprint density at radius 1 is 1.24 bits per heavy atom. The number of nitrogens with zero attached hydrogens (tertiary/aromatic N) is 1. The molecule has 1 heterocycles. The second-order valence-electron chi connectivity index (χ2n) is 5.18. The number of hydrogen-bond donors (Lipinski definition) is 1. The number of hydrogen-bond acceptors (Lipinski definition) is 3. The Morgan fingerprint density at radius 2 is 2.00 bits per heavy atom. The highest BCUT2D eigenvalue weighted by Crippen LogP contribution is 2.31. The maximum atomic E-state index is 6.24. The third-order valence-electron chi connectivity index (χ3n) is 2.94. The van der Waals surface area contributed by atoms with Gasteiger partial charge >= 0.3 is 0 Å². The first-order chi connectivity index (χ1) is 9.95. The summed E-state index contributed by atoms with van der Waals surface area (Å²) in [6, 6.07) is 7.74. The molecule has 1 aromatic heterocycles. The van der Waals surface area contributed by atoms with Crippen molar-refractivity contribution in [3.05, 3.63) is 51.6 Å². The highest BCUT2D eigenvalue weighted by Gasteiger charge is 2.09. The highest BCUT2D eigenvalue weighted by atomic mass is 35.5. The molecule has 0 radical (unpaired) electrons. The minimum Gasteiger partial charge on any atom is -0.437 e. The highest BCUT2D eigenvalue weighted by molar-refractivity contribution is 6.32. The van der Waals surface area contributed by atoms with Crippen molar-refractivity contribution in [1.82, 2.24) is 10.3 Å². The number of pyridine rings is 1. The number of benzene rings is 1. The van der Waals surface area contributed by atoms with Gasteiger partial charge in [-0.3, -0.25) is 0 Å². The molecule has 0 spiro atoms. The predicted molar refractivity (Wildman–Crippen MR) is 87.5 cm³/mol. The van der Waals surface area contributed by atoms with Crippen LogP contribution in [0.4, 0.5) is 0 Å². The molecule has 0 aliphatic heterocycles. The summed E-state index contributed by atoms with van der Waals surface area (Å²) in [6.07, 6.45) is 1.76. The van der Waals surface area contributed by atoms with Crippen LogP contribution >= 0.6 is 23.2 Å². The molecule has 0 bridgehead atoms. The third-order valence-corrected chi connectivity index (χ3v) is 3.44. The number of rotatable bonds is 5. The largest absolute Gasteiger partial charge is 0.437 e. The zero-order valence-corrected chi connectivity index (χ0v) is 13.8. The van der Waals surface area contributed by atoms with Crippen LogP contribution in [0.3, 0.4) is 0 Å². The molecule has 0 atom stereocenters. The molecule has 21 heavy (non-hydrogen) atoms. The van der Waals surface area contributed by atoms with Gasteiger partial charge in [0.2, 0.25) is 5.88 Å². The molecule has 112 valence electrons. The lowest BCUT2D eigenvalue weighted by Gasteiger charge is -2.11. The van der Waals surface area contributed by atoms with Crippen LogP contribution in [0.2, 0.25) is 10.0 Å². The van der Waals surface area contributed by atoms with Crippen molar-refractivity contribution in [2.75, 3.05) is 0 Å². The van der Waals surface area contributed by atoms with Gasteiger partial charge in [-0.1, -0.05) is 43.1 Å². The molecule has 3 nitrogen and oxygen atoms in total. The van der Waals surface area contributed by atoms with Crippen molar-refractivity contribution in [2.45, 2.75) is 33.4 Å². The summed E-state index contributed by atoms with van der Waals surface area (Å²) in [6.45, 7) is 6.85. The molecular formula is C16H18Cl2N2O. The molecule has 0 saturated carbocycles. The quantitative estimate of drug-likeness (QED) is 0.841. The zero-order chi connectivity index (χ0) is 15.4. The lowest BCUT2D eigenvalue weighted by atomic mass is 10.2. The molecule has 2 rings (SSSR count). The standard InChI is InChI=1S/C16H18Cl2N2O/c1-10(2)19-8-12-6-14(18)16(20-9-12)21-15-7-13(17)5-4-11(15)3/h4-7,9-10,19H,8H2,1-3H3. The van der Waals surface area contributed by atoms with Gasteiger partial charge in [-0.2, -0.15) is 0 Å². The first-order valence-corrected chi connectivity index (χ1v) is 7.53. The minimum atomic E-state index is 0.385. The van der Waals surface area contributed by atoms with Crippen molar-refractivity contribution in [1.29, 1.82) is 0 Å². The summed E-state index contributed by atoms with van der Waals surface area (Å²) < 4.78 is 5.75. The summed E-state index contributed by atoms with van der Waals surface area (Å²) in [5.41, 5.74) is 1.99. The molecular weight excluding hydrogens is 307 g/mol. The van der Waals surface area contributed by atoms with Crippen molar-refractivity contribution >= 4 is 23.2 Å². The van der Waals surface area contributed by atoms with Gasteiger partial charge in [0.25, 0.3) is 0 Å². The summed E-state index contributed by atoms with van der Waals surface area (Å²) in [5.74, 6) is 1.04. The van der Waals surface area contributed by atoms with Crippen LogP contribution in [0.25, 0.3) is 0 Å². The Morgan fingerprint density at radius 3 is 2.67 bits per heavy atom. The Balaban J connectivity index is 2.15. The first-order valence-electron chi connectivity index (χ1n) is 6.77. The lowest BCUT2D eigenvalue weighted by Crippen LogP contribution is -2.21. The zero-order valence-electron chi connectivity index (χ0n) is 12.3. The topological polar surface area (TPSA) is 34.1 Å². The average molecular weight is 325 g/mol. The van der Waals surface area contributed by atoms with E-state index in [2.05, 4.69) is 24.1 Å². The molecule has 0 fully saturated rings. The Kier molecular flexibility index (Phi) is 5.45. The van der Waals surface area contributed by atoms with E-state index in [4.69, 9.17) is 27.9 Å². The molecule has 1 aromatic carbocycles. The summed E-state index contributed by atoms with van der Waals surface area (Å²) >= 11 is 12.2. The average Bonchev–Trinajstić information content (AvgIpc) is 2.43. The minimum absolute atomic E-state index is 0.385. The Bertz CT molecular complexity index is 630. The molecule has 0 aliphatic rings. The summed E-state index contributed by atoms with van der Waals surface area (Å²) in [7, 11) is 0. The number of aryl methyl sites for hydroxylation is 1. The molecule has 1 N–H and O–H groups in total. The van der Waals surface area contributed by atoms with E-state index in [-0.39, 0.29) is 0 Å². The monoisotopic (exact) mass is 324 g/mol. The van der Waals surface area contributed by atoms with Crippen LogP contribution in [0.15, 0.2) is 30.5 Å². The number of halogens is 2. The first kappa shape index (κ1) is 16.1. The van der Waals surface area contributed by atoms with Crippen LogP contribution in [-0.2, 0) is 6.54 Å². The lowest BCUT2D eigenvalue weighted by molar-refractivity contribution is 0.459. The van der Waals surface area contributed by atoms with E-state index >= 15 is 0 Å². The number of ether oxygens (including phenoxy) is 1. The van der Waals surface area contributed by atoms with E-state index in [0.29, 0.717) is 27.7 Å². The van der Waals surface area contributed by atoms with E-state index in [9.17, 15) is 0 Å². The molecule has 0 aliphatic carbocycles. The molecule has 0 amide bonds. The van der Waals surface area contributed by atoms with Crippen LogP contribution in [0, 0.1) is 6.92 Å². The van der Waals surface area contributed by atoms with E-state index in [1.54, 1.807) is 12.3 Å². The van der Waals surface area contributed by atoms with Crippen molar-refractivity contribution in [2.24, 2.45) is 0 Å². The molecule has 0 unspecified atom stereocenters. The SMILES string of the molecule is Cc1ccc(Cl)cc1Oc1ncc(CNC(C)C)cc1Cl. The fraction of sp³-hybridized carbons (Fsp3) is 0.312. The normalized spacial score (nSPS) is 11.0. The molecule has 2 aromatic rings. The van der Waals surface area contributed by atoms with Crippen molar-refractivity contribution in [3.63, 3.8) is 0 Å². The van der Waals surface area contributed by atoms with E-state index in [0.717, 1.165) is 17.7 Å². The number of nitrogens with one attached hydrogen (secondary N) is 1. The fourth-order valence-electron chi connectivity index (χ4n) is 1.75. The van der Waals surface area contributed by atoms with Gasteiger partial charge in [-0.05, 0) is 36.2 Å². The van der Waals surface area contributed by atoms with Crippen LogP contribution in [0.1, 0.15) is 25.0 Å². The second kappa shape index (κ2) is 7.12. The van der Waals surface area contributed by atoms with Crippen LogP contribution < -0.4 is 10.1 Å². The van der Waals surface area contributed by atoms with E-state index < -0.39 is 0 Å². The van der Waals surface area contributed by atoms with E-state index in [1.165, 1.54) is 0 Å². The van der Waals surface area contributed by atoms with Gasteiger partial charge in [0.1, 0.15) is 10.8 Å². The summed E-state index contributed by atoms with van der Waals surface area (Å²) in [4.78, 5) is 4.28.